The molecule has 0 saturated carbocycles. The summed E-state index contributed by atoms with van der Waals surface area (Å²) in [5.74, 6) is -0.548. The fraction of sp³-hybridized carbons (Fsp3) is 0.0714. The number of carbonyl (C=O) groups is 1. The molecule has 1 atom stereocenters. The van der Waals surface area contributed by atoms with E-state index in [-0.39, 0.29) is 5.78 Å². The molecule has 20 heavy (non-hydrogen) atoms. The van der Waals surface area contributed by atoms with Crippen molar-refractivity contribution in [3.05, 3.63) is 55.8 Å². The molecule has 100 valence electrons. The second-order valence-corrected chi connectivity index (χ2v) is 7.12. The van der Waals surface area contributed by atoms with E-state index in [2.05, 4.69) is 20.9 Å². The minimum Gasteiger partial charge on any atom is -0.297 e. The second-order valence-electron chi connectivity index (χ2n) is 4.20. The molecule has 1 aliphatic rings. The van der Waals surface area contributed by atoms with Crippen LogP contribution in [0.15, 0.2) is 45.2 Å². The molecular weight excluding hydrogens is 356 g/mol. The van der Waals surface area contributed by atoms with Crippen LogP contribution >= 0.6 is 39.0 Å². The van der Waals surface area contributed by atoms with E-state index >= 15 is 0 Å². The van der Waals surface area contributed by atoms with Crippen molar-refractivity contribution < 1.29 is 4.79 Å². The molecule has 0 spiro atoms. The van der Waals surface area contributed by atoms with Gasteiger partial charge in [0.05, 0.1) is 9.95 Å². The van der Waals surface area contributed by atoms with Gasteiger partial charge in [-0.2, -0.15) is 0 Å². The Kier molecular flexibility index (Phi) is 3.87. The molecule has 1 saturated heterocycles. The first-order valence-corrected chi connectivity index (χ1v) is 8.31. The van der Waals surface area contributed by atoms with Gasteiger partial charge in [0.15, 0.2) is 5.78 Å². The highest BCUT2D eigenvalue weighted by Gasteiger charge is 2.38. The van der Waals surface area contributed by atoms with Gasteiger partial charge in [-0.1, -0.05) is 39.8 Å². The molecule has 0 radical (unpaired) electrons. The molecule has 1 N–H and O–H groups in total. The lowest BCUT2D eigenvalue weighted by Gasteiger charge is -2.01. The highest BCUT2D eigenvalue weighted by molar-refractivity contribution is 9.10. The van der Waals surface area contributed by atoms with E-state index in [1.165, 1.54) is 23.1 Å². The van der Waals surface area contributed by atoms with Crippen LogP contribution in [0.2, 0.25) is 0 Å². The maximum atomic E-state index is 12.4. The number of benzene rings is 1. The van der Waals surface area contributed by atoms with Crippen molar-refractivity contribution in [3.63, 3.8) is 0 Å². The van der Waals surface area contributed by atoms with E-state index in [0.29, 0.717) is 15.0 Å². The zero-order valence-electron chi connectivity index (χ0n) is 10.2. The molecule has 0 bridgehead atoms. The van der Waals surface area contributed by atoms with E-state index in [9.17, 15) is 4.79 Å². The fourth-order valence-corrected chi connectivity index (χ4v) is 4.16. The van der Waals surface area contributed by atoms with Gasteiger partial charge in [-0.3, -0.25) is 10.2 Å². The predicted octanol–water partition coefficient (Wildman–Crippen LogP) is 4.32. The maximum absolute atomic E-state index is 12.4. The van der Waals surface area contributed by atoms with Crippen LogP contribution in [0, 0.1) is 5.41 Å². The monoisotopic (exact) mass is 364 g/mol. The highest BCUT2D eigenvalue weighted by atomic mass is 79.9. The summed E-state index contributed by atoms with van der Waals surface area (Å²) in [5.41, 5.74) is 0.947. The molecule has 3 nitrogen and oxygen atoms in total. The Morgan fingerprint density at radius 1 is 1.40 bits per heavy atom. The van der Waals surface area contributed by atoms with E-state index in [1.54, 1.807) is 6.20 Å². The number of allylic oxidation sites excluding steroid dienone is 1. The number of hydrogen-bond acceptors (Lipinski definition) is 5. The molecular formula is C14H9BrN2OS2. The summed E-state index contributed by atoms with van der Waals surface area (Å²) in [5, 5.41) is 10.9. The van der Waals surface area contributed by atoms with Gasteiger partial charge in [-0.05, 0) is 23.8 Å². The Hall–Kier alpha value is -1.24. The number of nitrogens with zero attached hydrogens (tertiary/aromatic N) is 1. The summed E-state index contributed by atoms with van der Waals surface area (Å²) in [4.78, 5) is 17.2. The quantitative estimate of drug-likeness (QED) is 0.807. The van der Waals surface area contributed by atoms with E-state index < -0.39 is 5.92 Å². The summed E-state index contributed by atoms with van der Waals surface area (Å²) in [6.07, 6.45) is 3.50. The smallest absolute Gasteiger partial charge is 0.186 e. The maximum Gasteiger partial charge on any atom is 0.186 e. The molecule has 1 fully saturated rings. The van der Waals surface area contributed by atoms with Gasteiger partial charge in [0.1, 0.15) is 10.9 Å². The molecule has 0 amide bonds. The average Bonchev–Trinajstić information content (AvgIpc) is 2.99. The molecule has 1 aromatic carbocycles. The number of thiazole rings is 1. The number of nitrogens with one attached hydrogen (secondary N) is 1. The Bertz CT molecular complexity index is 710. The molecule has 2 heterocycles. The van der Waals surface area contributed by atoms with Gasteiger partial charge in [-0.15, -0.1) is 11.3 Å². The standard InChI is InChI=1S/C14H9BrN2OS2/c15-9-3-1-2-8(6-9)7-10-12(18)11(13(16)20-10)14-17-4-5-19-14/h1-7,11,16H/b10-7-,16-13?/t11-/m0/s1. The lowest BCUT2D eigenvalue weighted by atomic mass is 10.1. The second kappa shape index (κ2) is 5.63. The number of Topliss-reactive ketones (excluding diaryl/α,β-unsaturated/α-hetero) is 1. The van der Waals surface area contributed by atoms with E-state index in [4.69, 9.17) is 5.41 Å². The molecule has 3 rings (SSSR count). The van der Waals surface area contributed by atoms with Gasteiger partial charge < -0.3 is 0 Å². The molecule has 1 aromatic heterocycles. The minimum absolute atomic E-state index is 0.0325. The number of hydrogen-bond donors (Lipinski definition) is 1. The summed E-state index contributed by atoms with van der Waals surface area (Å²) < 4.78 is 0.967. The Morgan fingerprint density at radius 3 is 2.95 bits per heavy atom. The van der Waals surface area contributed by atoms with Crippen LogP contribution in [0.5, 0.6) is 0 Å². The topological polar surface area (TPSA) is 53.8 Å². The van der Waals surface area contributed by atoms with E-state index in [1.807, 2.05) is 35.7 Å². The largest absolute Gasteiger partial charge is 0.297 e. The summed E-state index contributed by atoms with van der Waals surface area (Å²) >= 11 is 6.05. The van der Waals surface area contributed by atoms with Crippen molar-refractivity contribution in [1.82, 2.24) is 4.98 Å². The fourth-order valence-electron chi connectivity index (χ4n) is 1.94. The van der Waals surface area contributed by atoms with Crippen LogP contribution in [-0.2, 0) is 4.79 Å². The zero-order chi connectivity index (χ0) is 14.1. The molecule has 0 aliphatic carbocycles. The Morgan fingerprint density at radius 2 is 2.25 bits per heavy atom. The third-order valence-corrected chi connectivity index (χ3v) is 5.16. The molecule has 0 unspecified atom stereocenters. The van der Waals surface area contributed by atoms with Gasteiger partial charge in [-0.25, -0.2) is 4.98 Å². The lowest BCUT2D eigenvalue weighted by Crippen LogP contribution is -2.11. The molecule has 2 aromatic rings. The summed E-state index contributed by atoms with van der Waals surface area (Å²) in [6, 6.07) is 7.74. The number of thioether (sulfide) groups is 1. The number of carbonyl (C=O) groups excluding carboxylic acids is 1. The number of aromatic nitrogens is 1. The average molecular weight is 365 g/mol. The van der Waals surface area contributed by atoms with Gasteiger partial charge in [0.2, 0.25) is 0 Å². The van der Waals surface area contributed by atoms with Crippen molar-refractivity contribution in [3.8, 4) is 0 Å². The summed E-state index contributed by atoms with van der Waals surface area (Å²) in [7, 11) is 0. The van der Waals surface area contributed by atoms with Gasteiger partial charge in [0, 0.05) is 16.0 Å². The van der Waals surface area contributed by atoms with Crippen molar-refractivity contribution >= 4 is 55.9 Å². The predicted molar refractivity (Wildman–Crippen MR) is 87.3 cm³/mol. The zero-order valence-corrected chi connectivity index (χ0v) is 13.4. The first kappa shape index (κ1) is 13.7. The first-order valence-electron chi connectivity index (χ1n) is 5.82. The Labute approximate surface area is 132 Å². The number of ketones is 1. The SMILES string of the molecule is N=C1S/C(=C\c2cccc(Br)c2)C(=O)[C@@H]1c1nccs1. The highest BCUT2D eigenvalue weighted by Crippen LogP contribution is 2.41. The van der Waals surface area contributed by atoms with Crippen LogP contribution < -0.4 is 0 Å². The first-order chi connectivity index (χ1) is 9.65. The van der Waals surface area contributed by atoms with Crippen molar-refractivity contribution in [2.45, 2.75) is 5.92 Å². The number of halogens is 1. The van der Waals surface area contributed by atoms with Crippen LogP contribution in [0.25, 0.3) is 6.08 Å². The van der Waals surface area contributed by atoms with Crippen LogP contribution in [-0.4, -0.2) is 15.8 Å². The van der Waals surface area contributed by atoms with Gasteiger partial charge >= 0.3 is 0 Å². The molecule has 1 aliphatic heterocycles. The van der Waals surface area contributed by atoms with Crippen molar-refractivity contribution in [2.24, 2.45) is 0 Å². The normalized spacial score (nSPS) is 20.9. The van der Waals surface area contributed by atoms with Crippen LogP contribution in [0.3, 0.4) is 0 Å². The lowest BCUT2D eigenvalue weighted by molar-refractivity contribution is -0.114. The minimum atomic E-state index is -0.515. The summed E-state index contributed by atoms with van der Waals surface area (Å²) in [6.45, 7) is 0. The van der Waals surface area contributed by atoms with Crippen molar-refractivity contribution in [2.75, 3.05) is 0 Å². The third-order valence-electron chi connectivity index (χ3n) is 2.83. The van der Waals surface area contributed by atoms with Crippen molar-refractivity contribution in [1.29, 1.82) is 5.41 Å². The van der Waals surface area contributed by atoms with Gasteiger partial charge in [0.25, 0.3) is 0 Å². The van der Waals surface area contributed by atoms with Crippen LogP contribution in [0.4, 0.5) is 0 Å². The third kappa shape index (κ3) is 2.63. The Balaban J connectivity index is 1.94. The van der Waals surface area contributed by atoms with E-state index in [0.717, 1.165) is 10.0 Å². The molecule has 6 heteroatoms. The van der Waals surface area contributed by atoms with Crippen LogP contribution in [0.1, 0.15) is 16.5 Å². The number of rotatable bonds is 2.